The number of anilines is 1. The molecule has 1 aliphatic rings. The molecule has 1 fully saturated rings. The van der Waals surface area contributed by atoms with E-state index in [0.717, 1.165) is 36.6 Å². The summed E-state index contributed by atoms with van der Waals surface area (Å²) in [4.78, 5) is 22.9. The molecule has 0 aliphatic carbocycles. The van der Waals surface area contributed by atoms with E-state index in [1.165, 1.54) is 0 Å². The van der Waals surface area contributed by atoms with E-state index < -0.39 is 5.97 Å². The zero-order valence-corrected chi connectivity index (χ0v) is 15.4. The Bertz CT molecular complexity index is 670. The molecule has 0 radical (unpaired) electrons. The summed E-state index contributed by atoms with van der Waals surface area (Å²) in [6.45, 7) is 5.66. The van der Waals surface area contributed by atoms with Crippen molar-refractivity contribution in [3.8, 4) is 0 Å². The number of esters is 1. The minimum Gasteiger partial charge on any atom is -0.461 e. The fourth-order valence-corrected chi connectivity index (χ4v) is 2.71. The molecule has 2 aromatic rings. The van der Waals surface area contributed by atoms with Gasteiger partial charge < -0.3 is 15.0 Å². The fraction of sp³-hybridized carbons (Fsp3) is 0.462. The van der Waals surface area contributed by atoms with Crippen molar-refractivity contribution in [2.24, 2.45) is 0 Å². The summed E-state index contributed by atoms with van der Waals surface area (Å²) in [5.74, 6) is 0.370. The highest BCUT2D eigenvalue weighted by Crippen LogP contribution is 2.23. The van der Waals surface area contributed by atoms with Crippen LogP contribution in [-0.2, 0) is 4.74 Å². The maximum Gasteiger partial charge on any atom is 0.358 e. The lowest BCUT2D eigenvalue weighted by Crippen LogP contribution is -2.44. The molecule has 1 N–H and O–H groups in total. The number of hydrogen-bond donors (Lipinski definition) is 1. The fourth-order valence-electron chi connectivity index (χ4n) is 2.34. The van der Waals surface area contributed by atoms with Gasteiger partial charge in [-0.05, 0) is 22.9 Å². The zero-order chi connectivity index (χ0) is 14.8. The molecular weight excluding hydrogens is 418 g/mol. The van der Waals surface area contributed by atoms with Crippen molar-refractivity contribution in [1.29, 1.82) is 0 Å². The molecule has 1 saturated heterocycles. The van der Waals surface area contributed by atoms with Crippen molar-refractivity contribution < 1.29 is 9.53 Å². The van der Waals surface area contributed by atoms with Crippen LogP contribution in [-0.4, -0.2) is 53.1 Å². The molecule has 120 valence electrons. The second-order valence-corrected chi connectivity index (χ2v) is 5.49. The number of halogens is 2. The largest absolute Gasteiger partial charge is 0.461 e. The zero-order valence-electron chi connectivity index (χ0n) is 12.1. The first-order valence-corrected chi connectivity index (χ1v) is 7.66. The number of aromatic nitrogens is 3. The van der Waals surface area contributed by atoms with Gasteiger partial charge in [-0.3, -0.25) is 4.40 Å². The average molecular weight is 435 g/mol. The minimum absolute atomic E-state index is 0. The van der Waals surface area contributed by atoms with Gasteiger partial charge in [-0.1, -0.05) is 0 Å². The number of carbonyl (C=O) groups is 1. The highest BCUT2D eigenvalue weighted by atomic mass is 79.9. The Labute approximate surface area is 147 Å². The van der Waals surface area contributed by atoms with Crippen LogP contribution >= 0.6 is 32.9 Å². The molecule has 0 unspecified atom stereocenters. The molecule has 0 saturated carbocycles. The topological polar surface area (TPSA) is 71.8 Å². The number of fused-ring (bicyclic) bond motifs is 1. The number of carbonyl (C=O) groups excluding carboxylic acids is 1. The summed E-state index contributed by atoms with van der Waals surface area (Å²) in [5.41, 5.74) is 0.955. The third kappa shape index (κ3) is 3.26. The average Bonchev–Trinajstić information content (AvgIpc) is 2.95. The maximum absolute atomic E-state index is 11.9. The number of rotatable bonds is 3. The van der Waals surface area contributed by atoms with Gasteiger partial charge in [-0.25, -0.2) is 14.8 Å². The van der Waals surface area contributed by atoms with Gasteiger partial charge >= 0.3 is 5.97 Å². The molecule has 0 bridgehead atoms. The monoisotopic (exact) mass is 433 g/mol. The highest BCUT2D eigenvalue weighted by molar-refractivity contribution is 9.10. The molecule has 1 aliphatic heterocycles. The van der Waals surface area contributed by atoms with E-state index in [9.17, 15) is 4.79 Å². The first-order chi connectivity index (χ1) is 10.2. The van der Waals surface area contributed by atoms with Crippen LogP contribution in [0.25, 0.3) is 5.65 Å². The van der Waals surface area contributed by atoms with Gasteiger partial charge in [0.1, 0.15) is 4.60 Å². The Balaban J connectivity index is 0.00000176. The summed E-state index contributed by atoms with van der Waals surface area (Å²) in [7, 11) is 0. The Morgan fingerprint density at radius 3 is 2.86 bits per heavy atom. The van der Waals surface area contributed by atoms with E-state index in [1.54, 1.807) is 19.3 Å². The molecule has 0 atom stereocenters. The van der Waals surface area contributed by atoms with Crippen LogP contribution < -0.4 is 10.2 Å². The summed E-state index contributed by atoms with van der Waals surface area (Å²) in [6.07, 6.45) is 3.39. The first kappa shape index (κ1) is 17.2. The number of nitrogens with one attached hydrogen (secondary N) is 1. The summed E-state index contributed by atoms with van der Waals surface area (Å²) < 4.78 is 7.57. The lowest BCUT2D eigenvalue weighted by molar-refractivity contribution is 0.0520. The van der Waals surface area contributed by atoms with Crippen LogP contribution in [0.5, 0.6) is 0 Å². The van der Waals surface area contributed by atoms with Gasteiger partial charge in [-0.15, -0.1) is 17.0 Å². The van der Waals surface area contributed by atoms with Crippen LogP contribution in [0.4, 0.5) is 5.82 Å². The van der Waals surface area contributed by atoms with Crippen LogP contribution in [0.3, 0.4) is 0 Å². The standard InChI is InChI=1S/C13H16BrN5O2.BrH/c1-2-21-13(20)9-8-19-10(14)7-16-11(12(19)17-9)18-5-3-15-4-6-18;/h7-8,15H,2-6H2,1H3;1H. The Morgan fingerprint density at radius 2 is 2.18 bits per heavy atom. The number of hydrogen-bond acceptors (Lipinski definition) is 6. The van der Waals surface area contributed by atoms with Crippen LogP contribution in [0.1, 0.15) is 17.4 Å². The van der Waals surface area contributed by atoms with Crippen molar-refractivity contribution >= 4 is 50.3 Å². The van der Waals surface area contributed by atoms with Gasteiger partial charge in [0.2, 0.25) is 0 Å². The van der Waals surface area contributed by atoms with E-state index in [0.29, 0.717) is 17.9 Å². The predicted molar refractivity (Wildman–Crippen MR) is 92.0 cm³/mol. The lowest BCUT2D eigenvalue weighted by Gasteiger charge is -2.28. The summed E-state index contributed by atoms with van der Waals surface area (Å²) >= 11 is 3.43. The molecule has 0 amide bonds. The van der Waals surface area contributed by atoms with E-state index in [4.69, 9.17) is 4.74 Å². The van der Waals surface area contributed by atoms with Gasteiger partial charge in [0, 0.05) is 32.4 Å². The van der Waals surface area contributed by atoms with E-state index >= 15 is 0 Å². The van der Waals surface area contributed by atoms with Crippen molar-refractivity contribution in [2.45, 2.75) is 6.92 Å². The van der Waals surface area contributed by atoms with Gasteiger partial charge in [-0.2, -0.15) is 0 Å². The minimum atomic E-state index is -0.417. The number of piperazine rings is 1. The normalized spacial score (nSPS) is 14.7. The van der Waals surface area contributed by atoms with Crippen LogP contribution in [0.2, 0.25) is 0 Å². The SMILES string of the molecule is Br.CCOC(=O)c1cn2c(Br)cnc(N3CCNCC3)c2n1. The molecule has 3 rings (SSSR count). The summed E-state index contributed by atoms with van der Waals surface area (Å²) in [6, 6.07) is 0. The smallest absolute Gasteiger partial charge is 0.358 e. The van der Waals surface area contributed by atoms with Crippen LogP contribution in [0, 0.1) is 0 Å². The number of nitrogens with zero attached hydrogens (tertiary/aromatic N) is 4. The molecule has 22 heavy (non-hydrogen) atoms. The number of ether oxygens (including phenoxy) is 1. The Hall–Kier alpha value is -1.19. The molecular formula is C13H17Br2N5O2. The van der Waals surface area contributed by atoms with Crippen molar-refractivity contribution in [1.82, 2.24) is 19.7 Å². The van der Waals surface area contributed by atoms with Gasteiger partial charge in [0.25, 0.3) is 0 Å². The predicted octanol–water partition coefficient (Wildman–Crippen LogP) is 1.66. The molecule has 3 heterocycles. The molecule has 7 nitrogen and oxygen atoms in total. The molecule has 0 aromatic carbocycles. The third-order valence-electron chi connectivity index (χ3n) is 3.33. The van der Waals surface area contributed by atoms with Crippen molar-refractivity contribution in [3.63, 3.8) is 0 Å². The first-order valence-electron chi connectivity index (χ1n) is 6.87. The quantitative estimate of drug-likeness (QED) is 0.740. The second kappa shape index (κ2) is 7.38. The molecule has 0 spiro atoms. The van der Waals surface area contributed by atoms with Gasteiger partial charge in [0.05, 0.1) is 12.8 Å². The van der Waals surface area contributed by atoms with Gasteiger partial charge in [0.15, 0.2) is 17.2 Å². The third-order valence-corrected chi connectivity index (χ3v) is 3.92. The maximum atomic E-state index is 11.9. The van der Waals surface area contributed by atoms with Crippen LogP contribution in [0.15, 0.2) is 17.0 Å². The molecule has 9 heteroatoms. The highest BCUT2D eigenvalue weighted by Gasteiger charge is 2.20. The summed E-state index contributed by atoms with van der Waals surface area (Å²) in [5, 5.41) is 3.30. The Morgan fingerprint density at radius 1 is 1.45 bits per heavy atom. The number of imidazole rings is 1. The van der Waals surface area contributed by atoms with Crippen molar-refractivity contribution in [2.75, 3.05) is 37.7 Å². The Kier molecular flexibility index (Phi) is 5.76. The van der Waals surface area contributed by atoms with E-state index in [1.807, 2.05) is 4.40 Å². The lowest BCUT2D eigenvalue weighted by atomic mass is 10.3. The van der Waals surface area contributed by atoms with E-state index in [-0.39, 0.29) is 17.0 Å². The van der Waals surface area contributed by atoms with E-state index in [2.05, 4.69) is 36.1 Å². The molecule has 2 aromatic heterocycles. The van der Waals surface area contributed by atoms with Crippen molar-refractivity contribution in [3.05, 3.63) is 22.7 Å². The second-order valence-electron chi connectivity index (χ2n) is 4.68.